The number of nitrogens with zero attached hydrogens (tertiary/aromatic N) is 1. The Kier molecular flexibility index (Phi) is 4.37. The van der Waals surface area contributed by atoms with E-state index in [9.17, 15) is 4.39 Å². The predicted octanol–water partition coefficient (Wildman–Crippen LogP) is 4.40. The Morgan fingerprint density at radius 3 is 2.70 bits per heavy atom. The number of nitriles is 1. The van der Waals surface area contributed by atoms with Crippen LogP contribution in [-0.4, -0.2) is 0 Å². The number of halogens is 1. The molecule has 0 spiro atoms. The van der Waals surface area contributed by atoms with Gasteiger partial charge in [0.1, 0.15) is 24.2 Å². The molecule has 20 heavy (non-hydrogen) atoms. The van der Waals surface area contributed by atoms with Crippen molar-refractivity contribution in [3.8, 4) is 11.8 Å². The van der Waals surface area contributed by atoms with Crippen molar-refractivity contribution >= 4 is 0 Å². The zero-order valence-electron chi connectivity index (χ0n) is 11.6. The molecule has 0 atom stereocenters. The molecule has 0 heterocycles. The smallest absolute Gasteiger partial charge is 0.140 e. The van der Waals surface area contributed by atoms with Crippen LogP contribution in [0.3, 0.4) is 0 Å². The summed E-state index contributed by atoms with van der Waals surface area (Å²) in [5.74, 6) is 0.714. The molecule has 2 nitrogen and oxygen atoms in total. The first-order valence-corrected chi connectivity index (χ1v) is 6.51. The van der Waals surface area contributed by atoms with Gasteiger partial charge in [-0.2, -0.15) is 5.26 Å². The molecule has 0 fully saturated rings. The maximum atomic E-state index is 13.2. The summed E-state index contributed by atoms with van der Waals surface area (Å²) < 4.78 is 18.9. The third-order valence-corrected chi connectivity index (χ3v) is 3.08. The number of hydrogen-bond acceptors (Lipinski definition) is 2. The summed E-state index contributed by atoms with van der Waals surface area (Å²) in [4.78, 5) is 0. The Hall–Kier alpha value is -2.34. The van der Waals surface area contributed by atoms with E-state index in [2.05, 4.69) is 19.9 Å². The van der Waals surface area contributed by atoms with Gasteiger partial charge in [-0.15, -0.1) is 0 Å². The van der Waals surface area contributed by atoms with Gasteiger partial charge < -0.3 is 4.74 Å². The van der Waals surface area contributed by atoms with Crippen LogP contribution in [0, 0.1) is 17.1 Å². The van der Waals surface area contributed by atoms with Crippen molar-refractivity contribution < 1.29 is 9.13 Å². The highest BCUT2D eigenvalue weighted by atomic mass is 19.1. The minimum Gasteiger partial charge on any atom is -0.489 e. The van der Waals surface area contributed by atoms with Crippen molar-refractivity contribution in [2.24, 2.45) is 0 Å². The van der Waals surface area contributed by atoms with Crippen LogP contribution in [0.25, 0.3) is 0 Å². The second-order valence-corrected chi connectivity index (χ2v) is 4.94. The Bertz CT molecular complexity index is 644. The molecule has 3 heteroatoms. The van der Waals surface area contributed by atoms with Gasteiger partial charge in [0.25, 0.3) is 0 Å². The molecule has 0 aliphatic carbocycles. The molecule has 2 aromatic rings. The van der Waals surface area contributed by atoms with E-state index >= 15 is 0 Å². The van der Waals surface area contributed by atoms with Gasteiger partial charge in [-0.1, -0.05) is 32.0 Å². The van der Waals surface area contributed by atoms with Crippen LogP contribution in [0.15, 0.2) is 42.5 Å². The highest BCUT2D eigenvalue weighted by molar-refractivity contribution is 5.35. The number of ether oxygens (including phenoxy) is 1. The van der Waals surface area contributed by atoms with Gasteiger partial charge in [0.2, 0.25) is 0 Å². The van der Waals surface area contributed by atoms with Crippen molar-refractivity contribution in [3.63, 3.8) is 0 Å². The summed E-state index contributed by atoms with van der Waals surface area (Å²) in [5, 5.41) is 8.79. The van der Waals surface area contributed by atoms with E-state index in [1.54, 1.807) is 6.07 Å². The predicted molar refractivity (Wildman–Crippen MR) is 76.0 cm³/mol. The molecule has 0 N–H and O–H groups in total. The summed E-state index contributed by atoms with van der Waals surface area (Å²) in [6.07, 6.45) is 0. The van der Waals surface area contributed by atoms with Crippen LogP contribution in [0.1, 0.15) is 36.5 Å². The minimum atomic E-state index is -0.502. The van der Waals surface area contributed by atoms with Crippen LogP contribution in [0.2, 0.25) is 0 Å². The van der Waals surface area contributed by atoms with Gasteiger partial charge in [-0.25, -0.2) is 4.39 Å². The van der Waals surface area contributed by atoms with E-state index in [4.69, 9.17) is 10.00 Å². The first kappa shape index (κ1) is 14.1. The standard InChI is InChI=1S/C17H16FNO/c1-12(2)14-4-3-5-16(9-14)20-11-13-6-7-17(18)15(8-13)10-19/h3-9,12H,11H2,1-2H3. The molecule has 0 bridgehead atoms. The second kappa shape index (κ2) is 6.21. The second-order valence-electron chi connectivity index (χ2n) is 4.94. The lowest BCUT2D eigenvalue weighted by molar-refractivity contribution is 0.305. The fraction of sp³-hybridized carbons (Fsp3) is 0.235. The summed E-state index contributed by atoms with van der Waals surface area (Å²) in [5.41, 5.74) is 2.03. The van der Waals surface area contributed by atoms with Crippen LogP contribution in [0.4, 0.5) is 4.39 Å². The first-order valence-electron chi connectivity index (χ1n) is 6.51. The largest absolute Gasteiger partial charge is 0.489 e. The van der Waals surface area contributed by atoms with Gasteiger partial charge in [-0.3, -0.25) is 0 Å². The Morgan fingerprint density at radius 1 is 1.20 bits per heavy atom. The zero-order chi connectivity index (χ0) is 14.5. The third kappa shape index (κ3) is 3.36. The van der Waals surface area contributed by atoms with Gasteiger partial charge in [0, 0.05) is 0 Å². The van der Waals surface area contributed by atoms with Crippen molar-refractivity contribution in [1.29, 1.82) is 5.26 Å². The molecule has 0 saturated heterocycles. The normalized spacial score (nSPS) is 10.3. The first-order chi connectivity index (χ1) is 9.60. The van der Waals surface area contributed by atoms with Crippen molar-refractivity contribution in [1.82, 2.24) is 0 Å². The maximum Gasteiger partial charge on any atom is 0.140 e. The average molecular weight is 269 g/mol. The highest BCUT2D eigenvalue weighted by Gasteiger charge is 2.04. The number of hydrogen-bond donors (Lipinski definition) is 0. The number of rotatable bonds is 4. The fourth-order valence-corrected chi connectivity index (χ4v) is 1.88. The molecule has 0 amide bonds. The van der Waals surface area contributed by atoms with Crippen LogP contribution in [0.5, 0.6) is 5.75 Å². The van der Waals surface area contributed by atoms with E-state index in [-0.39, 0.29) is 5.56 Å². The molecule has 2 aromatic carbocycles. The SMILES string of the molecule is CC(C)c1cccc(OCc2ccc(F)c(C#N)c2)c1. The van der Waals surface area contributed by atoms with E-state index in [1.807, 2.05) is 24.3 Å². The van der Waals surface area contributed by atoms with Crippen LogP contribution in [-0.2, 0) is 6.61 Å². The molecule has 102 valence electrons. The molecule has 0 radical (unpaired) electrons. The van der Waals surface area contributed by atoms with Crippen molar-refractivity contribution in [2.45, 2.75) is 26.4 Å². The van der Waals surface area contributed by atoms with E-state index in [0.717, 1.165) is 11.3 Å². The number of benzene rings is 2. The van der Waals surface area contributed by atoms with Crippen LogP contribution >= 0.6 is 0 Å². The summed E-state index contributed by atoms with van der Waals surface area (Å²) in [7, 11) is 0. The lowest BCUT2D eigenvalue weighted by Crippen LogP contribution is -1.98. The Balaban J connectivity index is 2.09. The highest BCUT2D eigenvalue weighted by Crippen LogP contribution is 2.21. The Morgan fingerprint density at radius 2 is 2.00 bits per heavy atom. The van der Waals surface area contributed by atoms with Gasteiger partial charge >= 0.3 is 0 Å². The Labute approximate surface area is 118 Å². The van der Waals surface area contributed by atoms with Crippen LogP contribution < -0.4 is 4.74 Å². The topological polar surface area (TPSA) is 33.0 Å². The zero-order valence-corrected chi connectivity index (χ0v) is 11.6. The van der Waals surface area contributed by atoms with E-state index in [0.29, 0.717) is 12.5 Å². The minimum absolute atomic E-state index is 0.0435. The average Bonchev–Trinajstić information content (AvgIpc) is 2.46. The lowest BCUT2D eigenvalue weighted by Gasteiger charge is -2.10. The van der Waals surface area contributed by atoms with E-state index in [1.165, 1.54) is 17.7 Å². The van der Waals surface area contributed by atoms with Gasteiger partial charge in [-0.05, 0) is 41.3 Å². The molecule has 2 rings (SSSR count). The molecular formula is C17H16FNO. The monoisotopic (exact) mass is 269 g/mol. The maximum absolute atomic E-state index is 13.2. The lowest BCUT2D eigenvalue weighted by atomic mass is 10.0. The van der Waals surface area contributed by atoms with Crippen molar-refractivity contribution in [3.05, 3.63) is 65.0 Å². The summed E-state index contributed by atoms with van der Waals surface area (Å²) in [6, 6.07) is 14.2. The molecule has 0 aliphatic rings. The summed E-state index contributed by atoms with van der Waals surface area (Å²) >= 11 is 0. The molecule has 0 aromatic heterocycles. The molecular weight excluding hydrogens is 253 g/mol. The third-order valence-electron chi connectivity index (χ3n) is 3.08. The molecule has 0 saturated carbocycles. The molecule has 0 aliphatic heterocycles. The van der Waals surface area contributed by atoms with Crippen molar-refractivity contribution in [2.75, 3.05) is 0 Å². The fourth-order valence-electron chi connectivity index (χ4n) is 1.88. The molecule has 0 unspecified atom stereocenters. The summed E-state index contributed by atoms with van der Waals surface area (Å²) in [6.45, 7) is 4.56. The quantitative estimate of drug-likeness (QED) is 0.824. The van der Waals surface area contributed by atoms with Gasteiger partial charge in [0.05, 0.1) is 5.56 Å². The van der Waals surface area contributed by atoms with Gasteiger partial charge in [0.15, 0.2) is 0 Å². The van der Waals surface area contributed by atoms with E-state index < -0.39 is 5.82 Å².